The molecule has 0 bridgehead atoms. The largest absolute Gasteiger partial charge is 0.326 e. The first-order chi connectivity index (χ1) is 7.22. The fourth-order valence-corrected chi connectivity index (χ4v) is 1.77. The van der Waals surface area contributed by atoms with Gasteiger partial charge in [0.05, 0.1) is 10.9 Å². The Morgan fingerprint density at radius 3 is 2.73 bits per heavy atom. The van der Waals surface area contributed by atoms with Crippen LogP contribution in [0.25, 0.3) is 10.9 Å². The van der Waals surface area contributed by atoms with Crippen molar-refractivity contribution in [3.05, 3.63) is 44.6 Å². The first-order valence-electron chi connectivity index (χ1n) is 4.52. The highest BCUT2D eigenvalue weighted by atomic mass is 35.5. The van der Waals surface area contributed by atoms with E-state index in [1.54, 1.807) is 12.1 Å². The Morgan fingerprint density at radius 2 is 2.00 bits per heavy atom. The van der Waals surface area contributed by atoms with Gasteiger partial charge in [-0.3, -0.25) is 9.78 Å². The minimum absolute atomic E-state index is 0.370. The minimum atomic E-state index is -0.491. The van der Waals surface area contributed by atoms with Gasteiger partial charge in [-0.25, -0.2) is 4.79 Å². The Labute approximate surface area is 89.9 Å². The van der Waals surface area contributed by atoms with Crippen molar-refractivity contribution < 1.29 is 0 Å². The van der Waals surface area contributed by atoms with E-state index in [2.05, 4.69) is 9.97 Å². The summed E-state index contributed by atoms with van der Waals surface area (Å²) in [6.07, 6.45) is 0.623. The monoisotopic (exact) mass is 224 g/mol. The summed E-state index contributed by atoms with van der Waals surface area (Å²) in [6, 6.07) is 5.29. The van der Waals surface area contributed by atoms with Crippen LogP contribution in [0.15, 0.2) is 27.8 Å². The Kier molecular flexibility index (Phi) is 2.60. The summed E-state index contributed by atoms with van der Waals surface area (Å²) in [5, 5.41) is 0.484. The van der Waals surface area contributed by atoms with Crippen LogP contribution in [-0.4, -0.2) is 15.8 Å². The maximum absolute atomic E-state index is 11.4. The Morgan fingerprint density at radius 1 is 1.20 bits per heavy atom. The van der Waals surface area contributed by atoms with Crippen LogP contribution in [0.4, 0.5) is 0 Å². The molecule has 15 heavy (non-hydrogen) atoms. The predicted octanol–water partition coefficient (Wildman–Crippen LogP) is 0.998. The number of alkyl halides is 1. The lowest BCUT2D eigenvalue weighted by Crippen LogP contribution is -2.22. The van der Waals surface area contributed by atoms with Gasteiger partial charge in [0, 0.05) is 5.88 Å². The molecule has 0 saturated heterocycles. The van der Waals surface area contributed by atoms with Crippen molar-refractivity contribution in [1.29, 1.82) is 0 Å². The van der Waals surface area contributed by atoms with Crippen molar-refractivity contribution in [1.82, 2.24) is 9.97 Å². The first kappa shape index (κ1) is 9.98. The maximum Gasteiger partial charge on any atom is 0.326 e. The summed E-state index contributed by atoms with van der Waals surface area (Å²) >= 11 is 5.64. The lowest BCUT2D eigenvalue weighted by atomic mass is 10.1. The molecule has 1 aromatic heterocycles. The summed E-state index contributed by atoms with van der Waals surface area (Å²) in [4.78, 5) is 27.4. The van der Waals surface area contributed by atoms with Crippen molar-refractivity contribution in [2.24, 2.45) is 0 Å². The van der Waals surface area contributed by atoms with Crippen LogP contribution in [0.2, 0.25) is 0 Å². The van der Waals surface area contributed by atoms with Crippen molar-refractivity contribution in [2.75, 3.05) is 5.88 Å². The smallest absolute Gasteiger partial charge is 0.307 e. The number of para-hydroxylation sites is 1. The number of nitrogens with one attached hydrogen (secondary N) is 2. The number of halogens is 1. The molecule has 0 saturated carbocycles. The second kappa shape index (κ2) is 3.90. The molecule has 2 aromatic rings. The summed E-state index contributed by atoms with van der Waals surface area (Å²) < 4.78 is 0. The molecular weight excluding hydrogens is 216 g/mol. The van der Waals surface area contributed by atoms with Crippen LogP contribution < -0.4 is 11.2 Å². The molecule has 78 valence electrons. The van der Waals surface area contributed by atoms with Crippen molar-refractivity contribution in [3.8, 4) is 0 Å². The molecule has 0 fully saturated rings. The van der Waals surface area contributed by atoms with Crippen LogP contribution in [0.3, 0.4) is 0 Å². The highest BCUT2D eigenvalue weighted by molar-refractivity contribution is 6.18. The molecule has 0 aliphatic carbocycles. The van der Waals surface area contributed by atoms with Gasteiger partial charge >= 0.3 is 5.69 Å². The van der Waals surface area contributed by atoms with Crippen LogP contribution in [0.5, 0.6) is 0 Å². The maximum atomic E-state index is 11.4. The number of fused-ring (bicyclic) bond motifs is 1. The van der Waals surface area contributed by atoms with Gasteiger partial charge in [-0.15, -0.1) is 11.6 Å². The molecule has 0 aliphatic heterocycles. The number of aromatic amines is 2. The van der Waals surface area contributed by atoms with E-state index in [9.17, 15) is 9.59 Å². The highest BCUT2D eigenvalue weighted by Gasteiger charge is 2.04. The zero-order valence-corrected chi connectivity index (χ0v) is 8.60. The molecule has 0 amide bonds. The summed E-state index contributed by atoms with van der Waals surface area (Å²) in [6.45, 7) is 0. The number of aromatic nitrogens is 2. The fourth-order valence-electron chi connectivity index (χ4n) is 1.56. The molecule has 1 heterocycles. The Hall–Kier alpha value is -1.55. The second-order valence-electron chi connectivity index (χ2n) is 3.19. The molecule has 2 N–H and O–H groups in total. The summed E-state index contributed by atoms with van der Waals surface area (Å²) in [5.41, 5.74) is 0.595. The third kappa shape index (κ3) is 1.80. The van der Waals surface area contributed by atoms with Crippen LogP contribution in [-0.2, 0) is 6.42 Å². The third-order valence-corrected chi connectivity index (χ3v) is 2.41. The van der Waals surface area contributed by atoms with Gasteiger partial charge in [-0.05, 0) is 18.1 Å². The molecule has 5 heteroatoms. The SMILES string of the molecule is O=c1[nH]c(=O)c2cccc(CCCl)c2[nH]1. The molecule has 0 unspecified atom stereocenters. The molecule has 1 aromatic carbocycles. The van der Waals surface area contributed by atoms with E-state index in [0.29, 0.717) is 23.2 Å². The molecule has 0 spiro atoms. The average molecular weight is 225 g/mol. The average Bonchev–Trinajstić information content (AvgIpc) is 2.19. The quantitative estimate of drug-likeness (QED) is 0.748. The van der Waals surface area contributed by atoms with Crippen molar-refractivity contribution in [3.63, 3.8) is 0 Å². The van der Waals surface area contributed by atoms with Gasteiger partial charge in [-0.1, -0.05) is 12.1 Å². The topological polar surface area (TPSA) is 65.7 Å². The number of benzene rings is 1. The van der Waals surface area contributed by atoms with E-state index in [0.717, 1.165) is 5.56 Å². The second-order valence-corrected chi connectivity index (χ2v) is 3.56. The van der Waals surface area contributed by atoms with Gasteiger partial charge in [0.25, 0.3) is 5.56 Å². The van der Waals surface area contributed by atoms with E-state index < -0.39 is 5.69 Å². The van der Waals surface area contributed by atoms with Gasteiger partial charge in [0.15, 0.2) is 0 Å². The zero-order valence-electron chi connectivity index (χ0n) is 7.84. The van der Waals surface area contributed by atoms with E-state index >= 15 is 0 Å². The Bertz CT molecular complexity index is 600. The number of rotatable bonds is 2. The first-order valence-corrected chi connectivity index (χ1v) is 5.06. The third-order valence-electron chi connectivity index (χ3n) is 2.22. The molecule has 0 atom stereocenters. The van der Waals surface area contributed by atoms with Crippen molar-refractivity contribution in [2.45, 2.75) is 6.42 Å². The van der Waals surface area contributed by atoms with E-state index in [4.69, 9.17) is 11.6 Å². The highest BCUT2D eigenvalue weighted by Crippen LogP contribution is 2.12. The molecule has 0 aliphatic rings. The minimum Gasteiger partial charge on any atom is -0.307 e. The fraction of sp³-hybridized carbons (Fsp3) is 0.200. The van der Waals surface area contributed by atoms with E-state index in [1.807, 2.05) is 6.07 Å². The molecular formula is C10H9ClN2O2. The molecule has 0 radical (unpaired) electrons. The lowest BCUT2D eigenvalue weighted by molar-refractivity contribution is 1.06. The number of hydrogen-bond acceptors (Lipinski definition) is 2. The van der Waals surface area contributed by atoms with Crippen molar-refractivity contribution >= 4 is 22.5 Å². The normalized spacial score (nSPS) is 10.7. The van der Waals surface area contributed by atoms with Gasteiger partial charge in [0.2, 0.25) is 0 Å². The summed E-state index contributed by atoms with van der Waals surface area (Å²) in [5.74, 6) is 0.452. The number of H-pyrrole nitrogens is 2. The van der Waals surface area contributed by atoms with Crippen LogP contribution in [0.1, 0.15) is 5.56 Å². The van der Waals surface area contributed by atoms with Gasteiger partial charge < -0.3 is 4.98 Å². The predicted molar refractivity (Wildman–Crippen MR) is 59.6 cm³/mol. The lowest BCUT2D eigenvalue weighted by Gasteiger charge is -2.02. The zero-order chi connectivity index (χ0) is 10.8. The standard InChI is InChI=1S/C10H9ClN2O2/c11-5-4-6-2-1-3-7-8(6)12-10(15)13-9(7)14/h1-3H,4-5H2,(H2,12,13,14,15). The number of hydrogen-bond donors (Lipinski definition) is 2. The molecule has 2 rings (SSSR count). The molecule has 4 nitrogen and oxygen atoms in total. The van der Waals surface area contributed by atoms with E-state index in [-0.39, 0.29) is 5.56 Å². The van der Waals surface area contributed by atoms with Crippen LogP contribution in [0, 0.1) is 0 Å². The van der Waals surface area contributed by atoms with E-state index in [1.165, 1.54) is 0 Å². The van der Waals surface area contributed by atoms with Crippen LogP contribution >= 0.6 is 11.6 Å². The Balaban J connectivity index is 2.85. The number of aryl methyl sites for hydroxylation is 1. The van der Waals surface area contributed by atoms with Gasteiger partial charge in [-0.2, -0.15) is 0 Å². The summed E-state index contributed by atoms with van der Waals surface area (Å²) in [7, 11) is 0. The van der Waals surface area contributed by atoms with Gasteiger partial charge in [0.1, 0.15) is 0 Å².